The van der Waals surface area contributed by atoms with Gasteiger partial charge in [-0.15, -0.1) is 0 Å². The van der Waals surface area contributed by atoms with E-state index >= 15 is 0 Å². The number of methoxy groups -OCH3 is 1. The highest BCUT2D eigenvalue weighted by Gasteiger charge is 2.49. The van der Waals surface area contributed by atoms with Crippen LogP contribution in [0, 0.1) is 0 Å². The molecule has 2 fully saturated rings. The number of nitrogens with two attached hydrogens (primary N) is 1. The van der Waals surface area contributed by atoms with E-state index in [1.165, 1.54) is 47.8 Å². The molecule has 194 valence electrons. The van der Waals surface area contributed by atoms with Crippen LogP contribution < -0.4 is 14.8 Å². The van der Waals surface area contributed by atoms with Crippen LogP contribution in [0.25, 0.3) is 0 Å². The monoisotopic (exact) mass is 535 g/mol. The molecule has 1 unspecified atom stereocenters. The standard InChI is InChI=1S/C24H29N3O7S2/c1-34-19-10-14-21(15-11-19)36(32,33)27(18-6-4-2-3-5-7-18)22-16-23(28)26(24(22)29)17-8-12-20(13-9-17)35(25,30)31/h8-15,18,22H,2-7,16H2,1H3,(H2,25,30,31). The van der Waals surface area contributed by atoms with Gasteiger partial charge in [-0.2, -0.15) is 4.31 Å². The van der Waals surface area contributed by atoms with Gasteiger partial charge in [0.1, 0.15) is 11.8 Å². The van der Waals surface area contributed by atoms with Gasteiger partial charge >= 0.3 is 0 Å². The highest BCUT2D eigenvalue weighted by atomic mass is 32.2. The summed E-state index contributed by atoms with van der Waals surface area (Å²) < 4.78 is 57.3. The smallest absolute Gasteiger partial charge is 0.252 e. The molecule has 1 saturated carbocycles. The minimum Gasteiger partial charge on any atom is -0.497 e. The first-order chi connectivity index (χ1) is 17.0. The molecule has 0 aromatic heterocycles. The lowest BCUT2D eigenvalue weighted by molar-refractivity contribution is -0.122. The molecule has 2 aromatic rings. The first-order valence-corrected chi connectivity index (χ1v) is 14.7. The Morgan fingerprint density at radius 3 is 1.94 bits per heavy atom. The Kier molecular flexibility index (Phi) is 7.51. The third-order valence-corrected chi connectivity index (χ3v) is 9.58. The van der Waals surface area contributed by atoms with Crippen molar-refractivity contribution >= 4 is 37.5 Å². The molecule has 2 N–H and O–H groups in total. The number of primary sulfonamides is 1. The van der Waals surface area contributed by atoms with Crippen molar-refractivity contribution in [2.45, 2.75) is 66.8 Å². The van der Waals surface area contributed by atoms with Crippen LogP contribution in [0.4, 0.5) is 5.69 Å². The maximum Gasteiger partial charge on any atom is 0.252 e. The van der Waals surface area contributed by atoms with Crippen LogP contribution >= 0.6 is 0 Å². The van der Waals surface area contributed by atoms with Gasteiger partial charge in [0.25, 0.3) is 5.91 Å². The van der Waals surface area contributed by atoms with Crippen molar-refractivity contribution in [1.29, 1.82) is 0 Å². The molecule has 4 rings (SSSR count). The van der Waals surface area contributed by atoms with E-state index in [4.69, 9.17) is 9.88 Å². The van der Waals surface area contributed by atoms with Crippen LogP contribution in [0.5, 0.6) is 5.75 Å². The van der Waals surface area contributed by atoms with Crippen LogP contribution in [0.15, 0.2) is 58.3 Å². The van der Waals surface area contributed by atoms with E-state index in [0.717, 1.165) is 30.6 Å². The molecule has 0 spiro atoms. The predicted octanol–water partition coefficient (Wildman–Crippen LogP) is 2.39. The van der Waals surface area contributed by atoms with Gasteiger partial charge in [-0.05, 0) is 61.4 Å². The number of hydrogen-bond acceptors (Lipinski definition) is 7. The molecule has 12 heteroatoms. The lowest BCUT2D eigenvalue weighted by Crippen LogP contribution is -2.50. The van der Waals surface area contributed by atoms with Gasteiger partial charge in [0.15, 0.2) is 0 Å². The topological polar surface area (TPSA) is 144 Å². The van der Waals surface area contributed by atoms with Gasteiger partial charge in [-0.25, -0.2) is 26.9 Å². The summed E-state index contributed by atoms with van der Waals surface area (Å²) in [5.41, 5.74) is 0.155. The Bertz CT molecular complexity index is 1330. The third-order valence-electron chi connectivity index (χ3n) is 6.67. The molecule has 1 atom stereocenters. The molecule has 2 aliphatic rings. The Labute approximate surface area is 211 Å². The minimum absolute atomic E-state index is 0.0174. The minimum atomic E-state index is -4.13. The summed E-state index contributed by atoms with van der Waals surface area (Å²) in [5, 5.41) is 5.14. The summed E-state index contributed by atoms with van der Waals surface area (Å²) >= 11 is 0. The quantitative estimate of drug-likeness (QED) is 0.423. The Hall–Kier alpha value is -2.80. The lowest BCUT2D eigenvalue weighted by Gasteiger charge is -2.33. The Morgan fingerprint density at radius 1 is 0.861 bits per heavy atom. The first kappa shape index (κ1) is 26.3. The summed E-state index contributed by atoms with van der Waals surface area (Å²) in [6.07, 6.45) is 4.49. The number of anilines is 1. The number of carbonyl (C=O) groups excluding carboxylic acids is 2. The zero-order valence-corrected chi connectivity index (χ0v) is 21.5. The average Bonchev–Trinajstić information content (AvgIpc) is 3.00. The van der Waals surface area contributed by atoms with Crippen LogP contribution in [0.1, 0.15) is 44.9 Å². The van der Waals surface area contributed by atoms with Crippen molar-refractivity contribution in [3.8, 4) is 5.75 Å². The van der Waals surface area contributed by atoms with Crippen molar-refractivity contribution in [2.75, 3.05) is 12.0 Å². The fourth-order valence-electron chi connectivity index (χ4n) is 4.87. The van der Waals surface area contributed by atoms with Crippen molar-refractivity contribution in [2.24, 2.45) is 5.14 Å². The molecule has 2 amide bonds. The normalized spacial score (nSPS) is 20.1. The SMILES string of the molecule is COc1ccc(S(=O)(=O)N(C2CCCCCC2)C2CC(=O)N(c3ccc(S(N)(=O)=O)cc3)C2=O)cc1. The highest BCUT2D eigenvalue weighted by Crippen LogP contribution is 2.35. The van der Waals surface area contributed by atoms with E-state index in [-0.39, 0.29) is 21.9 Å². The fourth-order valence-corrected chi connectivity index (χ4v) is 7.21. The van der Waals surface area contributed by atoms with E-state index in [1.54, 1.807) is 12.1 Å². The van der Waals surface area contributed by atoms with Gasteiger partial charge in [0.05, 0.1) is 29.0 Å². The van der Waals surface area contributed by atoms with Crippen molar-refractivity contribution in [3.05, 3.63) is 48.5 Å². The van der Waals surface area contributed by atoms with Gasteiger partial charge in [0.2, 0.25) is 26.0 Å². The zero-order valence-electron chi connectivity index (χ0n) is 19.9. The number of carbonyl (C=O) groups is 2. The molecule has 1 saturated heterocycles. The summed E-state index contributed by atoms with van der Waals surface area (Å²) in [6.45, 7) is 0. The van der Waals surface area contributed by atoms with Gasteiger partial charge in [-0.1, -0.05) is 25.7 Å². The highest BCUT2D eigenvalue weighted by molar-refractivity contribution is 7.89. The largest absolute Gasteiger partial charge is 0.497 e. The van der Waals surface area contributed by atoms with Gasteiger partial charge in [0, 0.05) is 6.04 Å². The second kappa shape index (κ2) is 10.3. The number of ether oxygens (including phenoxy) is 1. The molecule has 36 heavy (non-hydrogen) atoms. The average molecular weight is 536 g/mol. The summed E-state index contributed by atoms with van der Waals surface area (Å²) in [7, 11) is -6.60. The van der Waals surface area contributed by atoms with Gasteiger partial charge < -0.3 is 4.74 Å². The second-order valence-electron chi connectivity index (χ2n) is 8.98. The predicted molar refractivity (Wildman–Crippen MR) is 132 cm³/mol. The van der Waals surface area contributed by atoms with Crippen LogP contribution in [-0.2, 0) is 29.6 Å². The lowest BCUT2D eigenvalue weighted by atomic mass is 10.1. The second-order valence-corrected chi connectivity index (χ2v) is 12.4. The maximum absolute atomic E-state index is 13.9. The maximum atomic E-state index is 13.9. The number of amides is 2. The molecule has 1 aliphatic heterocycles. The molecule has 1 heterocycles. The van der Waals surface area contributed by atoms with Crippen molar-refractivity contribution in [1.82, 2.24) is 4.31 Å². The summed E-state index contributed by atoms with van der Waals surface area (Å²) in [6, 6.07) is 9.35. The molecule has 1 aliphatic carbocycles. The number of hydrogen-bond donors (Lipinski definition) is 1. The van der Waals surface area contributed by atoms with E-state index in [1.807, 2.05) is 0 Å². The molecule has 10 nitrogen and oxygen atoms in total. The van der Waals surface area contributed by atoms with Crippen LogP contribution in [0.3, 0.4) is 0 Å². The number of imide groups is 1. The zero-order chi connectivity index (χ0) is 26.1. The Morgan fingerprint density at radius 2 is 1.42 bits per heavy atom. The van der Waals surface area contributed by atoms with Gasteiger partial charge in [-0.3, -0.25) is 9.59 Å². The number of nitrogens with zero attached hydrogens (tertiary/aromatic N) is 2. The first-order valence-electron chi connectivity index (χ1n) is 11.7. The molecule has 0 radical (unpaired) electrons. The van der Waals surface area contributed by atoms with E-state index in [9.17, 15) is 26.4 Å². The molecular formula is C24H29N3O7S2. The summed E-state index contributed by atoms with van der Waals surface area (Å²) in [5.74, 6) is -0.724. The van der Waals surface area contributed by atoms with Crippen molar-refractivity contribution in [3.63, 3.8) is 0 Å². The van der Waals surface area contributed by atoms with Crippen molar-refractivity contribution < 1.29 is 31.2 Å². The van der Waals surface area contributed by atoms with Crippen LogP contribution in [0.2, 0.25) is 0 Å². The molecule has 0 bridgehead atoms. The van der Waals surface area contributed by atoms with E-state index in [2.05, 4.69) is 0 Å². The number of sulfonamides is 2. The van der Waals surface area contributed by atoms with Crippen LogP contribution in [-0.4, -0.2) is 52.1 Å². The number of benzene rings is 2. The van der Waals surface area contributed by atoms with E-state index in [0.29, 0.717) is 18.6 Å². The van der Waals surface area contributed by atoms with E-state index < -0.39 is 43.9 Å². The molecule has 2 aromatic carbocycles. The fraction of sp³-hybridized carbons (Fsp3) is 0.417. The number of rotatable bonds is 7. The third kappa shape index (κ3) is 5.17. The molecular weight excluding hydrogens is 506 g/mol. The summed E-state index contributed by atoms with van der Waals surface area (Å²) in [4.78, 5) is 27.4. The Balaban J connectivity index is 1.72.